The van der Waals surface area contributed by atoms with Crippen LogP contribution >= 0.6 is 0 Å². The zero-order valence-corrected chi connectivity index (χ0v) is 11.8. The molecule has 0 aliphatic carbocycles. The molecule has 5 nitrogen and oxygen atoms in total. The maximum atomic E-state index is 12.3. The fraction of sp³-hybridized carbons (Fsp3) is 0.312. The number of aromatic nitrogens is 2. The molecular formula is C16H18N4O. The number of amides is 1. The summed E-state index contributed by atoms with van der Waals surface area (Å²) in [5, 5.41) is 6.26. The van der Waals surface area contributed by atoms with Gasteiger partial charge in [0.05, 0.1) is 5.56 Å². The van der Waals surface area contributed by atoms with Crippen molar-refractivity contribution in [2.45, 2.75) is 19.4 Å². The van der Waals surface area contributed by atoms with Crippen LogP contribution in [0.1, 0.15) is 27.0 Å². The Bertz CT molecular complexity index is 627. The van der Waals surface area contributed by atoms with Gasteiger partial charge in [0.2, 0.25) is 0 Å². The topological polar surface area (TPSA) is 66.9 Å². The molecule has 0 bridgehead atoms. The average molecular weight is 282 g/mol. The Morgan fingerprint density at radius 2 is 2.24 bits per heavy atom. The van der Waals surface area contributed by atoms with Gasteiger partial charge in [-0.15, -0.1) is 0 Å². The zero-order chi connectivity index (χ0) is 14.5. The number of hydrogen-bond donors (Lipinski definition) is 2. The van der Waals surface area contributed by atoms with E-state index in [1.807, 2.05) is 24.5 Å². The summed E-state index contributed by atoms with van der Waals surface area (Å²) in [4.78, 5) is 20.6. The molecule has 0 spiro atoms. The molecule has 21 heavy (non-hydrogen) atoms. The van der Waals surface area contributed by atoms with Crippen LogP contribution < -0.4 is 10.6 Å². The number of fused-ring (bicyclic) bond motifs is 1. The highest BCUT2D eigenvalue weighted by molar-refractivity contribution is 5.95. The Morgan fingerprint density at radius 3 is 3.10 bits per heavy atom. The fourth-order valence-electron chi connectivity index (χ4n) is 2.57. The summed E-state index contributed by atoms with van der Waals surface area (Å²) in [6.07, 6.45) is 8.74. The number of carbonyl (C=O) groups excluding carboxylic acids is 1. The Balaban J connectivity index is 1.63. The Hall–Kier alpha value is -2.27. The van der Waals surface area contributed by atoms with Crippen LogP contribution in [-0.2, 0) is 19.4 Å². The summed E-state index contributed by atoms with van der Waals surface area (Å²) in [6, 6.07) is 3.92. The van der Waals surface area contributed by atoms with Crippen molar-refractivity contribution in [1.29, 1.82) is 0 Å². The van der Waals surface area contributed by atoms with Gasteiger partial charge in [-0.2, -0.15) is 0 Å². The second-order valence-corrected chi connectivity index (χ2v) is 5.12. The first-order valence-electron chi connectivity index (χ1n) is 7.18. The van der Waals surface area contributed by atoms with E-state index in [1.165, 1.54) is 0 Å². The third-order valence-corrected chi connectivity index (χ3v) is 3.68. The van der Waals surface area contributed by atoms with E-state index in [2.05, 4.69) is 20.6 Å². The van der Waals surface area contributed by atoms with Gasteiger partial charge in [0.25, 0.3) is 5.91 Å². The van der Waals surface area contributed by atoms with Gasteiger partial charge >= 0.3 is 0 Å². The summed E-state index contributed by atoms with van der Waals surface area (Å²) in [7, 11) is 0. The van der Waals surface area contributed by atoms with E-state index in [1.54, 1.807) is 12.4 Å². The van der Waals surface area contributed by atoms with Crippen LogP contribution in [0.4, 0.5) is 0 Å². The summed E-state index contributed by atoms with van der Waals surface area (Å²) in [6.45, 7) is 2.30. The number of nitrogens with one attached hydrogen (secondary N) is 2. The van der Waals surface area contributed by atoms with Crippen molar-refractivity contribution in [2.75, 3.05) is 13.1 Å². The minimum Gasteiger partial charge on any atom is -0.352 e. The lowest BCUT2D eigenvalue weighted by molar-refractivity contribution is 0.0952. The van der Waals surface area contributed by atoms with Crippen molar-refractivity contribution in [3.63, 3.8) is 0 Å². The molecule has 1 aliphatic rings. The minimum absolute atomic E-state index is 0.0369. The van der Waals surface area contributed by atoms with Gasteiger partial charge < -0.3 is 10.6 Å². The van der Waals surface area contributed by atoms with E-state index in [9.17, 15) is 4.79 Å². The summed E-state index contributed by atoms with van der Waals surface area (Å²) in [5.41, 5.74) is 4.08. The molecule has 0 saturated carbocycles. The molecule has 2 N–H and O–H groups in total. The molecule has 1 aliphatic heterocycles. The maximum absolute atomic E-state index is 12.3. The van der Waals surface area contributed by atoms with E-state index >= 15 is 0 Å². The van der Waals surface area contributed by atoms with Crippen LogP contribution in [0, 0.1) is 0 Å². The lowest BCUT2D eigenvalue weighted by atomic mass is 9.98. The smallest absolute Gasteiger partial charge is 0.253 e. The highest BCUT2D eigenvalue weighted by Gasteiger charge is 2.17. The molecule has 0 atom stereocenters. The van der Waals surface area contributed by atoms with Gasteiger partial charge in [0.15, 0.2) is 0 Å². The van der Waals surface area contributed by atoms with Crippen LogP contribution in [0.2, 0.25) is 0 Å². The van der Waals surface area contributed by atoms with Crippen molar-refractivity contribution >= 4 is 5.91 Å². The van der Waals surface area contributed by atoms with E-state index in [0.717, 1.165) is 42.6 Å². The predicted molar refractivity (Wildman–Crippen MR) is 79.9 cm³/mol. The highest BCUT2D eigenvalue weighted by Crippen LogP contribution is 2.17. The summed E-state index contributed by atoms with van der Waals surface area (Å²) < 4.78 is 0. The molecular weight excluding hydrogens is 264 g/mol. The zero-order valence-electron chi connectivity index (χ0n) is 11.8. The van der Waals surface area contributed by atoms with E-state index < -0.39 is 0 Å². The van der Waals surface area contributed by atoms with Gasteiger partial charge in [-0.05, 0) is 42.1 Å². The molecule has 5 heteroatoms. The van der Waals surface area contributed by atoms with E-state index in [-0.39, 0.29) is 5.91 Å². The first kappa shape index (κ1) is 13.7. The number of nitrogens with zero attached hydrogens (tertiary/aromatic N) is 2. The molecule has 3 rings (SSSR count). The lowest BCUT2D eigenvalue weighted by Crippen LogP contribution is -2.30. The molecule has 108 valence electrons. The standard InChI is InChI=1S/C16H18N4O/c21-16(20-7-3-12-2-1-5-17-8-12)15-11-19-10-13-9-18-6-4-14(13)15/h1-2,5,8,10-11,18H,3-4,6-7,9H2,(H,20,21). The third-order valence-electron chi connectivity index (χ3n) is 3.68. The first-order valence-corrected chi connectivity index (χ1v) is 7.18. The Labute approximate surface area is 123 Å². The van der Waals surface area contributed by atoms with Crippen LogP contribution in [0.5, 0.6) is 0 Å². The van der Waals surface area contributed by atoms with Crippen LogP contribution in [0.3, 0.4) is 0 Å². The molecule has 3 heterocycles. The number of carbonyl (C=O) groups is 1. The fourth-order valence-corrected chi connectivity index (χ4v) is 2.57. The SMILES string of the molecule is O=C(NCCc1cccnc1)c1cncc2c1CCNC2. The summed E-state index contributed by atoms with van der Waals surface area (Å²) >= 11 is 0. The van der Waals surface area contributed by atoms with Crippen molar-refractivity contribution in [2.24, 2.45) is 0 Å². The molecule has 0 fully saturated rings. The van der Waals surface area contributed by atoms with E-state index in [0.29, 0.717) is 12.1 Å². The second-order valence-electron chi connectivity index (χ2n) is 5.12. The largest absolute Gasteiger partial charge is 0.352 e. The maximum Gasteiger partial charge on any atom is 0.253 e. The molecule has 0 aromatic carbocycles. The van der Waals surface area contributed by atoms with Crippen molar-refractivity contribution < 1.29 is 4.79 Å². The van der Waals surface area contributed by atoms with Gasteiger partial charge in [0.1, 0.15) is 0 Å². The van der Waals surface area contributed by atoms with Crippen LogP contribution in [-0.4, -0.2) is 29.0 Å². The molecule has 0 radical (unpaired) electrons. The van der Waals surface area contributed by atoms with Crippen LogP contribution in [0.25, 0.3) is 0 Å². The van der Waals surface area contributed by atoms with Gasteiger partial charge in [-0.1, -0.05) is 6.07 Å². The lowest BCUT2D eigenvalue weighted by Gasteiger charge is -2.19. The molecule has 2 aromatic heterocycles. The normalized spacial score (nSPS) is 13.5. The van der Waals surface area contributed by atoms with E-state index in [4.69, 9.17) is 0 Å². The summed E-state index contributed by atoms with van der Waals surface area (Å²) in [5.74, 6) is -0.0369. The van der Waals surface area contributed by atoms with Crippen molar-refractivity contribution in [3.05, 3.63) is 59.2 Å². The molecule has 0 saturated heterocycles. The average Bonchev–Trinajstić information content (AvgIpc) is 2.55. The Kier molecular flexibility index (Phi) is 4.21. The molecule has 2 aromatic rings. The minimum atomic E-state index is -0.0369. The van der Waals surface area contributed by atoms with Gasteiger partial charge in [0, 0.05) is 37.9 Å². The number of hydrogen-bond acceptors (Lipinski definition) is 4. The third kappa shape index (κ3) is 3.25. The molecule has 1 amide bonds. The second kappa shape index (κ2) is 6.45. The quantitative estimate of drug-likeness (QED) is 0.881. The number of rotatable bonds is 4. The molecule has 0 unspecified atom stereocenters. The van der Waals surface area contributed by atoms with Crippen LogP contribution in [0.15, 0.2) is 36.9 Å². The van der Waals surface area contributed by atoms with Gasteiger partial charge in [-0.3, -0.25) is 14.8 Å². The monoisotopic (exact) mass is 282 g/mol. The van der Waals surface area contributed by atoms with Crippen molar-refractivity contribution in [3.8, 4) is 0 Å². The van der Waals surface area contributed by atoms with Crippen molar-refractivity contribution in [1.82, 2.24) is 20.6 Å². The van der Waals surface area contributed by atoms with Gasteiger partial charge in [-0.25, -0.2) is 0 Å². The Morgan fingerprint density at radius 1 is 1.29 bits per heavy atom. The predicted octanol–water partition coefficient (Wildman–Crippen LogP) is 1.09. The first-order chi connectivity index (χ1) is 10.3. The highest BCUT2D eigenvalue weighted by atomic mass is 16.1. The number of pyridine rings is 2.